The molecule has 1 aliphatic heterocycles. The Morgan fingerprint density at radius 1 is 1.16 bits per heavy atom. The van der Waals surface area contributed by atoms with Crippen LogP contribution in [0.25, 0.3) is 0 Å². The maximum absolute atomic E-state index is 12.9. The van der Waals surface area contributed by atoms with Crippen LogP contribution >= 0.6 is 0 Å². The van der Waals surface area contributed by atoms with E-state index in [9.17, 15) is 8.42 Å². The number of hydrogen-bond acceptors (Lipinski definition) is 3. The number of para-hydroxylation sites is 1. The first-order chi connectivity index (χ1) is 8.98. The summed E-state index contributed by atoms with van der Waals surface area (Å²) >= 11 is 0. The van der Waals surface area contributed by atoms with Crippen LogP contribution in [0, 0.1) is 0 Å². The van der Waals surface area contributed by atoms with E-state index in [1.54, 1.807) is 29.6 Å². The molecule has 4 nitrogen and oxygen atoms in total. The van der Waals surface area contributed by atoms with Gasteiger partial charge in [0, 0.05) is 19.1 Å². The van der Waals surface area contributed by atoms with Crippen molar-refractivity contribution in [1.29, 1.82) is 0 Å². The summed E-state index contributed by atoms with van der Waals surface area (Å²) in [7, 11) is -1.68. The molecule has 0 radical (unpaired) electrons. The van der Waals surface area contributed by atoms with Crippen molar-refractivity contribution in [2.24, 2.45) is 0 Å². The molecule has 1 fully saturated rings. The Morgan fingerprint density at radius 3 is 2.32 bits per heavy atom. The number of piperidine rings is 1. The third-order valence-electron chi connectivity index (χ3n) is 3.82. The van der Waals surface area contributed by atoms with Gasteiger partial charge < -0.3 is 5.32 Å². The molecule has 1 N–H and O–H groups in total. The molecule has 0 bridgehead atoms. The van der Waals surface area contributed by atoms with Gasteiger partial charge in [0.2, 0.25) is 10.0 Å². The van der Waals surface area contributed by atoms with Gasteiger partial charge in [-0.1, -0.05) is 18.6 Å². The lowest BCUT2D eigenvalue weighted by atomic mass is 10.0. The van der Waals surface area contributed by atoms with Gasteiger partial charge in [-0.3, -0.25) is 0 Å². The van der Waals surface area contributed by atoms with Crippen molar-refractivity contribution in [2.75, 3.05) is 12.4 Å². The summed E-state index contributed by atoms with van der Waals surface area (Å²) in [4.78, 5) is 0.373. The first kappa shape index (κ1) is 14.3. The van der Waals surface area contributed by atoms with E-state index in [1.807, 2.05) is 19.9 Å². The third-order valence-corrected chi connectivity index (χ3v) is 6.01. The van der Waals surface area contributed by atoms with Crippen LogP contribution in [0.5, 0.6) is 0 Å². The van der Waals surface area contributed by atoms with Crippen LogP contribution in [-0.2, 0) is 10.0 Å². The molecule has 5 heteroatoms. The average Bonchev–Trinajstić information content (AvgIpc) is 2.38. The molecule has 1 aliphatic rings. The average molecular weight is 282 g/mol. The van der Waals surface area contributed by atoms with Crippen molar-refractivity contribution >= 4 is 15.7 Å². The topological polar surface area (TPSA) is 49.4 Å². The Balaban J connectivity index is 2.46. The lowest BCUT2D eigenvalue weighted by molar-refractivity contribution is 0.204. The number of nitrogens with zero attached hydrogens (tertiary/aromatic N) is 1. The van der Waals surface area contributed by atoms with Crippen LogP contribution in [0.15, 0.2) is 29.2 Å². The van der Waals surface area contributed by atoms with Gasteiger partial charge in [0.1, 0.15) is 4.90 Å². The second-order valence-corrected chi connectivity index (χ2v) is 7.02. The fourth-order valence-corrected chi connectivity index (χ4v) is 4.97. The maximum Gasteiger partial charge on any atom is 0.245 e. The highest BCUT2D eigenvalue weighted by atomic mass is 32.2. The molecule has 1 aromatic rings. The quantitative estimate of drug-likeness (QED) is 0.927. The monoisotopic (exact) mass is 282 g/mol. The van der Waals surface area contributed by atoms with Crippen molar-refractivity contribution in [1.82, 2.24) is 4.31 Å². The second-order valence-electron chi connectivity index (χ2n) is 5.21. The number of sulfonamides is 1. The summed E-state index contributed by atoms with van der Waals surface area (Å²) in [6, 6.07) is 7.22. The molecule has 2 rings (SSSR count). The van der Waals surface area contributed by atoms with Crippen molar-refractivity contribution in [3.8, 4) is 0 Å². The molecule has 0 spiro atoms. The Kier molecular flexibility index (Phi) is 4.16. The molecule has 0 aromatic heterocycles. The highest BCUT2D eigenvalue weighted by molar-refractivity contribution is 7.89. The zero-order valence-corrected chi connectivity index (χ0v) is 12.6. The minimum atomic E-state index is -3.43. The normalized spacial score (nSPS) is 25.2. The number of hydrogen-bond donors (Lipinski definition) is 1. The molecule has 0 saturated carbocycles. The standard InChI is InChI=1S/C14H22N2O2S/c1-11-7-6-8-12(2)16(11)19(17,18)14-10-5-4-9-13(14)15-3/h4-5,9-12,15H,6-8H2,1-3H3. The van der Waals surface area contributed by atoms with E-state index in [1.165, 1.54) is 0 Å². The minimum Gasteiger partial charge on any atom is -0.387 e. The zero-order chi connectivity index (χ0) is 14.0. The van der Waals surface area contributed by atoms with E-state index in [0.29, 0.717) is 10.6 Å². The largest absolute Gasteiger partial charge is 0.387 e. The van der Waals surface area contributed by atoms with E-state index in [-0.39, 0.29) is 12.1 Å². The van der Waals surface area contributed by atoms with E-state index in [2.05, 4.69) is 5.32 Å². The summed E-state index contributed by atoms with van der Waals surface area (Å²) < 4.78 is 27.4. The van der Waals surface area contributed by atoms with Crippen LogP contribution in [-0.4, -0.2) is 31.9 Å². The van der Waals surface area contributed by atoms with E-state index >= 15 is 0 Å². The molecule has 1 heterocycles. The lowest BCUT2D eigenvalue weighted by Crippen LogP contribution is -2.47. The molecule has 19 heavy (non-hydrogen) atoms. The minimum absolute atomic E-state index is 0.0682. The Morgan fingerprint density at radius 2 is 1.74 bits per heavy atom. The SMILES string of the molecule is CNc1ccccc1S(=O)(=O)N1C(C)CCCC1C. The summed E-state index contributed by atoms with van der Waals surface area (Å²) in [5.41, 5.74) is 0.660. The van der Waals surface area contributed by atoms with Crippen molar-refractivity contribution in [3.05, 3.63) is 24.3 Å². The number of benzene rings is 1. The van der Waals surface area contributed by atoms with Gasteiger partial charge >= 0.3 is 0 Å². The molecule has 1 saturated heterocycles. The van der Waals surface area contributed by atoms with E-state index < -0.39 is 10.0 Å². The van der Waals surface area contributed by atoms with Crippen LogP contribution < -0.4 is 5.32 Å². The van der Waals surface area contributed by atoms with Gasteiger partial charge in [-0.05, 0) is 38.8 Å². The fourth-order valence-electron chi connectivity index (χ4n) is 2.88. The Bertz CT molecular complexity index is 532. The molecular formula is C14H22N2O2S. The Labute approximate surface area is 115 Å². The predicted octanol–water partition coefficient (Wildman–Crippen LogP) is 2.68. The number of anilines is 1. The molecule has 106 valence electrons. The summed E-state index contributed by atoms with van der Waals surface area (Å²) in [6.45, 7) is 3.99. The van der Waals surface area contributed by atoms with Gasteiger partial charge in [-0.2, -0.15) is 4.31 Å². The zero-order valence-electron chi connectivity index (χ0n) is 11.8. The van der Waals surface area contributed by atoms with Crippen LogP contribution in [0.4, 0.5) is 5.69 Å². The van der Waals surface area contributed by atoms with Crippen molar-refractivity contribution in [2.45, 2.75) is 50.1 Å². The van der Waals surface area contributed by atoms with Gasteiger partial charge in [0.15, 0.2) is 0 Å². The fraction of sp³-hybridized carbons (Fsp3) is 0.571. The van der Waals surface area contributed by atoms with Gasteiger partial charge in [0.25, 0.3) is 0 Å². The Hall–Kier alpha value is -1.07. The molecule has 1 aromatic carbocycles. The van der Waals surface area contributed by atoms with Crippen LogP contribution in [0.2, 0.25) is 0 Å². The molecule has 2 atom stereocenters. The molecule has 2 unspecified atom stereocenters. The third kappa shape index (κ3) is 2.62. The molecule has 0 amide bonds. The number of rotatable bonds is 3. The van der Waals surface area contributed by atoms with E-state index in [0.717, 1.165) is 19.3 Å². The van der Waals surface area contributed by atoms with Gasteiger partial charge in [0.05, 0.1) is 5.69 Å². The van der Waals surface area contributed by atoms with Crippen LogP contribution in [0.3, 0.4) is 0 Å². The smallest absolute Gasteiger partial charge is 0.245 e. The highest BCUT2D eigenvalue weighted by Gasteiger charge is 2.36. The maximum atomic E-state index is 12.9. The molecule has 0 aliphatic carbocycles. The van der Waals surface area contributed by atoms with E-state index in [4.69, 9.17) is 0 Å². The van der Waals surface area contributed by atoms with Crippen molar-refractivity contribution in [3.63, 3.8) is 0 Å². The van der Waals surface area contributed by atoms with Crippen LogP contribution in [0.1, 0.15) is 33.1 Å². The molecular weight excluding hydrogens is 260 g/mol. The predicted molar refractivity (Wildman–Crippen MR) is 77.8 cm³/mol. The summed E-state index contributed by atoms with van der Waals surface area (Å²) in [6.07, 6.45) is 2.97. The van der Waals surface area contributed by atoms with Gasteiger partial charge in [-0.25, -0.2) is 8.42 Å². The summed E-state index contributed by atoms with van der Waals surface area (Å²) in [5.74, 6) is 0. The van der Waals surface area contributed by atoms with Crippen molar-refractivity contribution < 1.29 is 8.42 Å². The summed E-state index contributed by atoms with van der Waals surface area (Å²) in [5, 5.41) is 2.96. The first-order valence-electron chi connectivity index (χ1n) is 6.78. The lowest BCUT2D eigenvalue weighted by Gasteiger charge is -2.38. The number of nitrogens with one attached hydrogen (secondary N) is 1. The highest BCUT2D eigenvalue weighted by Crippen LogP contribution is 2.32. The first-order valence-corrected chi connectivity index (χ1v) is 8.23. The second kappa shape index (κ2) is 5.51. The van der Waals surface area contributed by atoms with Gasteiger partial charge in [-0.15, -0.1) is 0 Å².